The number of hydrogen-bond donors (Lipinski definition) is 1. The molecular weight excluding hydrogens is 221 g/mol. The van der Waals surface area contributed by atoms with E-state index >= 15 is 0 Å². The molecule has 2 atom stereocenters. The highest BCUT2D eigenvalue weighted by Crippen LogP contribution is 2.36. The minimum absolute atomic E-state index is 0. The molecule has 0 aromatic heterocycles. The maximum atomic E-state index is 13.3. The summed E-state index contributed by atoms with van der Waals surface area (Å²) in [5.41, 5.74) is 0. The highest BCUT2D eigenvalue weighted by atomic mass is 35.5. The summed E-state index contributed by atoms with van der Waals surface area (Å²) in [5.74, 6) is 0.403. The lowest BCUT2D eigenvalue weighted by Crippen LogP contribution is -2.38. The molecule has 3 rings (SSSR count). The van der Waals surface area contributed by atoms with Gasteiger partial charge < -0.3 is 14.8 Å². The minimum atomic E-state index is -0.354. The van der Waals surface area contributed by atoms with Crippen LogP contribution in [0.4, 0.5) is 4.39 Å². The first-order valence-corrected chi connectivity index (χ1v) is 4.67. The third-order valence-electron chi connectivity index (χ3n) is 2.58. The van der Waals surface area contributed by atoms with Gasteiger partial charge in [-0.25, -0.2) is 4.39 Å². The first kappa shape index (κ1) is 10.5. The van der Waals surface area contributed by atoms with Crippen molar-refractivity contribution < 1.29 is 13.9 Å². The van der Waals surface area contributed by atoms with Gasteiger partial charge in [-0.1, -0.05) is 6.07 Å². The monoisotopic (exact) mass is 231 g/mol. The molecule has 0 amide bonds. The van der Waals surface area contributed by atoms with Crippen molar-refractivity contribution in [1.29, 1.82) is 0 Å². The van der Waals surface area contributed by atoms with Crippen LogP contribution in [0, 0.1) is 5.82 Å². The van der Waals surface area contributed by atoms with Crippen LogP contribution in [0.3, 0.4) is 0 Å². The zero-order chi connectivity index (χ0) is 9.54. The van der Waals surface area contributed by atoms with E-state index in [2.05, 4.69) is 5.32 Å². The second kappa shape index (κ2) is 3.87. The molecule has 0 saturated carbocycles. The van der Waals surface area contributed by atoms with Crippen molar-refractivity contribution in [1.82, 2.24) is 5.32 Å². The van der Waals surface area contributed by atoms with Gasteiger partial charge >= 0.3 is 0 Å². The molecule has 2 aliphatic heterocycles. The van der Waals surface area contributed by atoms with Crippen LogP contribution in [-0.4, -0.2) is 25.3 Å². The summed E-state index contributed by atoms with van der Waals surface area (Å²) in [6.45, 7) is 1.49. The SMILES string of the molecule is Cl.Fc1cccc2c1O[C@@H]1CNC[C@H]1O2. The molecule has 1 aromatic carbocycles. The summed E-state index contributed by atoms with van der Waals surface area (Å²) in [4.78, 5) is 0. The third kappa shape index (κ3) is 1.64. The lowest BCUT2D eigenvalue weighted by Gasteiger charge is -2.28. The van der Waals surface area contributed by atoms with Crippen LogP contribution >= 0.6 is 12.4 Å². The average Bonchev–Trinajstić information content (AvgIpc) is 2.62. The van der Waals surface area contributed by atoms with Crippen LogP contribution < -0.4 is 14.8 Å². The molecule has 0 spiro atoms. The fourth-order valence-electron chi connectivity index (χ4n) is 1.88. The predicted octanol–water partition coefficient (Wildman–Crippen LogP) is 1.36. The van der Waals surface area contributed by atoms with Crippen LogP contribution in [0.25, 0.3) is 0 Å². The Balaban J connectivity index is 0.000000853. The highest BCUT2D eigenvalue weighted by molar-refractivity contribution is 5.85. The van der Waals surface area contributed by atoms with Gasteiger partial charge in [-0.2, -0.15) is 0 Å². The summed E-state index contributed by atoms with van der Waals surface area (Å²) in [6.07, 6.45) is -0.0382. The number of nitrogens with one attached hydrogen (secondary N) is 1. The summed E-state index contributed by atoms with van der Waals surface area (Å²) in [6, 6.07) is 4.73. The number of para-hydroxylation sites is 1. The van der Waals surface area contributed by atoms with Gasteiger partial charge in [0.15, 0.2) is 17.3 Å². The molecule has 0 aliphatic carbocycles. The van der Waals surface area contributed by atoms with Gasteiger partial charge in [-0.3, -0.25) is 0 Å². The van der Waals surface area contributed by atoms with Crippen LogP contribution in [-0.2, 0) is 0 Å². The Morgan fingerprint density at radius 2 is 1.93 bits per heavy atom. The topological polar surface area (TPSA) is 30.5 Å². The van der Waals surface area contributed by atoms with E-state index in [-0.39, 0.29) is 36.2 Å². The van der Waals surface area contributed by atoms with Crippen LogP contribution in [0.1, 0.15) is 0 Å². The van der Waals surface area contributed by atoms with Crippen LogP contribution in [0.5, 0.6) is 11.5 Å². The molecule has 1 N–H and O–H groups in total. The second-order valence-corrected chi connectivity index (χ2v) is 3.54. The minimum Gasteiger partial charge on any atom is -0.481 e. The molecule has 2 heterocycles. The maximum Gasteiger partial charge on any atom is 0.197 e. The number of ether oxygens (including phenoxy) is 2. The molecule has 82 valence electrons. The smallest absolute Gasteiger partial charge is 0.197 e. The molecule has 2 aliphatic rings. The van der Waals surface area contributed by atoms with E-state index in [0.717, 1.165) is 13.1 Å². The molecule has 3 nitrogen and oxygen atoms in total. The van der Waals surface area contributed by atoms with Crippen LogP contribution in [0.2, 0.25) is 0 Å². The van der Waals surface area contributed by atoms with E-state index in [1.54, 1.807) is 12.1 Å². The van der Waals surface area contributed by atoms with Crippen molar-refractivity contribution in [2.45, 2.75) is 12.2 Å². The zero-order valence-corrected chi connectivity index (χ0v) is 8.72. The maximum absolute atomic E-state index is 13.3. The van der Waals surface area contributed by atoms with Gasteiger partial charge in [0.1, 0.15) is 12.2 Å². The van der Waals surface area contributed by atoms with Crippen molar-refractivity contribution >= 4 is 12.4 Å². The number of halogens is 2. The number of benzene rings is 1. The Morgan fingerprint density at radius 1 is 1.20 bits per heavy atom. The third-order valence-corrected chi connectivity index (χ3v) is 2.58. The van der Waals surface area contributed by atoms with E-state index in [1.165, 1.54) is 6.07 Å². The molecule has 1 fully saturated rings. The Kier molecular flexibility index (Phi) is 2.71. The average molecular weight is 232 g/mol. The summed E-state index contributed by atoms with van der Waals surface area (Å²) >= 11 is 0. The fourth-order valence-corrected chi connectivity index (χ4v) is 1.88. The number of rotatable bonds is 0. The summed E-state index contributed by atoms with van der Waals surface area (Å²) in [7, 11) is 0. The van der Waals surface area contributed by atoms with Gasteiger partial charge in [-0.15, -0.1) is 12.4 Å². The predicted molar refractivity (Wildman–Crippen MR) is 55.3 cm³/mol. The largest absolute Gasteiger partial charge is 0.481 e. The van der Waals surface area contributed by atoms with E-state index < -0.39 is 0 Å². The number of fused-ring (bicyclic) bond motifs is 2. The lowest BCUT2D eigenvalue weighted by molar-refractivity contribution is 0.0510. The van der Waals surface area contributed by atoms with E-state index in [0.29, 0.717) is 5.75 Å². The van der Waals surface area contributed by atoms with E-state index in [4.69, 9.17) is 9.47 Å². The molecule has 0 radical (unpaired) electrons. The second-order valence-electron chi connectivity index (χ2n) is 3.54. The molecular formula is C10H11ClFNO2. The normalized spacial score (nSPS) is 26.7. The molecule has 0 bridgehead atoms. The Morgan fingerprint density at radius 3 is 2.73 bits per heavy atom. The Labute approximate surface area is 93.0 Å². The Bertz CT molecular complexity index is 374. The molecule has 0 unspecified atom stereocenters. The Hall–Kier alpha value is -1.00. The highest BCUT2D eigenvalue weighted by Gasteiger charge is 2.36. The first-order chi connectivity index (χ1) is 6.84. The van der Waals surface area contributed by atoms with Crippen molar-refractivity contribution in [3.63, 3.8) is 0 Å². The molecule has 1 aromatic rings. The van der Waals surface area contributed by atoms with Crippen LogP contribution in [0.15, 0.2) is 18.2 Å². The molecule has 15 heavy (non-hydrogen) atoms. The van der Waals surface area contributed by atoms with E-state index in [9.17, 15) is 4.39 Å². The summed E-state index contributed by atoms with van der Waals surface area (Å²) < 4.78 is 24.4. The van der Waals surface area contributed by atoms with Gasteiger partial charge in [-0.05, 0) is 12.1 Å². The number of hydrogen-bond acceptors (Lipinski definition) is 3. The first-order valence-electron chi connectivity index (χ1n) is 4.67. The van der Waals surface area contributed by atoms with Gasteiger partial charge in [0.2, 0.25) is 0 Å². The van der Waals surface area contributed by atoms with Crippen molar-refractivity contribution in [2.75, 3.05) is 13.1 Å². The standard InChI is InChI=1S/C10H10FNO2.ClH/c11-6-2-1-3-7-10(6)14-9-5-12-4-8(9)13-7;/h1-3,8-9,12H,4-5H2;1H/t8-,9-;/m1./s1. The van der Waals surface area contributed by atoms with Gasteiger partial charge in [0.25, 0.3) is 0 Å². The quantitative estimate of drug-likeness (QED) is 0.732. The van der Waals surface area contributed by atoms with Gasteiger partial charge in [0.05, 0.1) is 0 Å². The lowest BCUT2D eigenvalue weighted by atomic mass is 10.2. The van der Waals surface area contributed by atoms with Gasteiger partial charge in [0, 0.05) is 13.1 Å². The van der Waals surface area contributed by atoms with Crippen molar-refractivity contribution in [2.24, 2.45) is 0 Å². The zero-order valence-electron chi connectivity index (χ0n) is 7.90. The molecule has 1 saturated heterocycles. The van der Waals surface area contributed by atoms with Crippen molar-refractivity contribution in [3.8, 4) is 11.5 Å². The molecule has 5 heteroatoms. The van der Waals surface area contributed by atoms with Crippen molar-refractivity contribution in [3.05, 3.63) is 24.0 Å². The fraction of sp³-hybridized carbons (Fsp3) is 0.400. The summed E-state index contributed by atoms with van der Waals surface area (Å²) in [5, 5.41) is 3.15. The van der Waals surface area contributed by atoms with E-state index in [1.807, 2.05) is 0 Å².